The summed E-state index contributed by atoms with van der Waals surface area (Å²) in [6.07, 6.45) is 0.663. The maximum atomic E-state index is 13.0. The topological polar surface area (TPSA) is 55.1 Å². The second kappa shape index (κ2) is 6.44. The van der Waals surface area contributed by atoms with Crippen molar-refractivity contribution in [3.05, 3.63) is 35.6 Å². The van der Waals surface area contributed by atoms with Crippen molar-refractivity contribution in [1.29, 1.82) is 0 Å². The van der Waals surface area contributed by atoms with Crippen LogP contribution in [-0.2, 0) is 0 Å². The third kappa shape index (κ3) is 4.41. The highest BCUT2D eigenvalue weighted by molar-refractivity contribution is 7.80. The number of halogens is 1. The van der Waals surface area contributed by atoms with E-state index in [2.05, 4.69) is 5.32 Å². The van der Waals surface area contributed by atoms with E-state index in [1.807, 2.05) is 13.8 Å². The van der Waals surface area contributed by atoms with Crippen LogP contribution in [0.2, 0.25) is 0 Å². The summed E-state index contributed by atoms with van der Waals surface area (Å²) in [4.78, 5) is 12.1. The third-order valence-electron chi connectivity index (χ3n) is 2.44. The van der Waals surface area contributed by atoms with Gasteiger partial charge in [-0.15, -0.1) is 0 Å². The molecule has 0 heterocycles. The molecule has 0 spiro atoms. The lowest BCUT2D eigenvalue weighted by Crippen LogP contribution is -2.44. The minimum absolute atomic E-state index is 0.244. The smallest absolute Gasteiger partial charge is 0.251 e. The van der Waals surface area contributed by atoms with Gasteiger partial charge in [-0.1, -0.05) is 32.1 Å². The summed E-state index contributed by atoms with van der Waals surface area (Å²) in [5, 5.41) is 2.72. The molecule has 3 N–H and O–H groups in total. The fourth-order valence-electron chi connectivity index (χ4n) is 1.59. The van der Waals surface area contributed by atoms with Gasteiger partial charge in [-0.2, -0.15) is 0 Å². The zero-order valence-electron chi connectivity index (χ0n) is 10.4. The summed E-state index contributed by atoms with van der Waals surface area (Å²) < 4.78 is 13.0. The molecule has 0 aliphatic rings. The van der Waals surface area contributed by atoms with Gasteiger partial charge in [0.2, 0.25) is 0 Å². The molecule has 3 nitrogen and oxygen atoms in total. The van der Waals surface area contributed by atoms with Gasteiger partial charge in [0.1, 0.15) is 5.82 Å². The predicted molar refractivity (Wildman–Crippen MR) is 73.9 cm³/mol. The van der Waals surface area contributed by atoms with Gasteiger partial charge in [0.15, 0.2) is 0 Å². The Morgan fingerprint density at radius 2 is 2.17 bits per heavy atom. The Morgan fingerprint density at radius 1 is 1.50 bits per heavy atom. The van der Waals surface area contributed by atoms with Gasteiger partial charge in [0.05, 0.1) is 11.0 Å². The van der Waals surface area contributed by atoms with Crippen molar-refractivity contribution >= 4 is 23.1 Å². The van der Waals surface area contributed by atoms with E-state index in [1.165, 1.54) is 18.2 Å². The number of thiocarbonyl (C=S) groups is 1. The Bertz CT molecular complexity index is 448. The summed E-state index contributed by atoms with van der Waals surface area (Å²) in [5.41, 5.74) is 5.85. The minimum Gasteiger partial charge on any atom is -0.392 e. The monoisotopic (exact) mass is 268 g/mol. The van der Waals surface area contributed by atoms with Crippen molar-refractivity contribution in [3.8, 4) is 0 Å². The first kappa shape index (κ1) is 14.6. The number of rotatable bonds is 5. The second-order valence-corrected chi connectivity index (χ2v) is 5.04. The molecule has 0 saturated carbocycles. The Balaban J connectivity index is 2.75. The van der Waals surface area contributed by atoms with Crippen molar-refractivity contribution in [2.45, 2.75) is 26.3 Å². The number of hydrogen-bond acceptors (Lipinski definition) is 2. The van der Waals surface area contributed by atoms with E-state index in [9.17, 15) is 9.18 Å². The molecular weight excluding hydrogens is 251 g/mol. The predicted octanol–water partition coefficient (Wildman–Crippen LogP) is 2.26. The average molecular weight is 268 g/mol. The average Bonchev–Trinajstić information content (AvgIpc) is 2.27. The van der Waals surface area contributed by atoms with Gasteiger partial charge in [-0.05, 0) is 30.5 Å². The van der Waals surface area contributed by atoms with E-state index >= 15 is 0 Å². The molecule has 18 heavy (non-hydrogen) atoms. The van der Waals surface area contributed by atoms with E-state index in [4.69, 9.17) is 18.0 Å². The molecule has 0 saturated heterocycles. The zero-order chi connectivity index (χ0) is 13.7. The van der Waals surface area contributed by atoms with E-state index < -0.39 is 5.82 Å². The number of amides is 1. The molecule has 0 aromatic heterocycles. The number of benzene rings is 1. The van der Waals surface area contributed by atoms with Gasteiger partial charge in [-0.25, -0.2) is 4.39 Å². The van der Waals surface area contributed by atoms with E-state index in [0.29, 0.717) is 12.3 Å². The fourth-order valence-corrected chi connectivity index (χ4v) is 1.74. The second-order valence-electron chi connectivity index (χ2n) is 4.57. The van der Waals surface area contributed by atoms with Crippen LogP contribution < -0.4 is 11.1 Å². The van der Waals surface area contributed by atoms with Crippen LogP contribution in [0.1, 0.15) is 30.6 Å². The van der Waals surface area contributed by atoms with Crippen LogP contribution in [0, 0.1) is 11.7 Å². The highest BCUT2D eigenvalue weighted by atomic mass is 32.1. The molecule has 1 rings (SSSR count). The van der Waals surface area contributed by atoms with Gasteiger partial charge < -0.3 is 11.1 Å². The highest BCUT2D eigenvalue weighted by Crippen LogP contribution is 2.08. The zero-order valence-corrected chi connectivity index (χ0v) is 11.3. The molecule has 1 atom stereocenters. The Labute approximate surface area is 112 Å². The molecule has 98 valence electrons. The fraction of sp³-hybridized carbons (Fsp3) is 0.385. The standard InChI is InChI=1S/C13H17FN2OS/c1-8(2)6-11(12(15)18)16-13(17)9-4-3-5-10(14)7-9/h3-5,7-8,11H,6H2,1-2H3,(H2,15,18)(H,16,17). The number of nitrogens with one attached hydrogen (secondary N) is 1. The van der Waals surface area contributed by atoms with Crippen LogP contribution in [0.3, 0.4) is 0 Å². The lowest BCUT2D eigenvalue weighted by Gasteiger charge is -2.19. The Hall–Kier alpha value is -1.49. The lowest BCUT2D eigenvalue weighted by atomic mass is 10.0. The number of carbonyl (C=O) groups is 1. The SMILES string of the molecule is CC(C)CC(NC(=O)c1cccc(F)c1)C(N)=S. The number of carbonyl (C=O) groups excluding carboxylic acids is 1. The first-order valence-electron chi connectivity index (χ1n) is 5.76. The lowest BCUT2D eigenvalue weighted by molar-refractivity contribution is 0.0943. The molecule has 1 aromatic rings. The van der Waals surface area contributed by atoms with Crippen molar-refractivity contribution in [3.63, 3.8) is 0 Å². The van der Waals surface area contributed by atoms with E-state index in [1.54, 1.807) is 6.07 Å². The normalized spacial score (nSPS) is 12.2. The van der Waals surface area contributed by atoms with Crippen LogP contribution in [-0.4, -0.2) is 16.9 Å². The third-order valence-corrected chi connectivity index (χ3v) is 2.73. The first-order valence-corrected chi connectivity index (χ1v) is 6.16. The van der Waals surface area contributed by atoms with E-state index in [-0.39, 0.29) is 22.5 Å². The van der Waals surface area contributed by atoms with Crippen LogP contribution in [0.15, 0.2) is 24.3 Å². The van der Waals surface area contributed by atoms with Crippen molar-refractivity contribution in [2.24, 2.45) is 11.7 Å². The summed E-state index contributed by atoms with van der Waals surface area (Å²) in [6.45, 7) is 4.03. The van der Waals surface area contributed by atoms with E-state index in [0.717, 1.165) is 0 Å². The van der Waals surface area contributed by atoms with Crippen LogP contribution in [0.4, 0.5) is 4.39 Å². The summed E-state index contributed by atoms with van der Waals surface area (Å²) in [6, 6.07) is 5.14. The summed E-state index contributed by atoms with van der Waals surface area (Å²) >= 11 is 4.92. The molecule has 0 fully saturated rings. The van der Waals surface area contributed by atoms with Crippen LogP contribution >= 0.6 is 12.2 Å². The first-order chi connectivity index (χ1) is 8.40. The van der Waals surface area contributed by atoms with Gasteiger partial charge in [0, 0.05) is 5.56 Å². The largest absolute Gasteiger partial charge is 0.392 e. The molecule has 5 heteroatoms. The maximum Gasteiger partial charge on any atom is 0.251 e. The van der Waals surface area contributed by atoms with Crippen LogP contribution in [0.25, 0.3) is 0 Å². The van der Waals surface area contributed by atoms with Gasteiger partial charge in [0.25, 0.3) is 5.91 Å². The quantitative estimate of drug-likeness (QED) is 0.805. The minimum atomic E-state index is -0.446. The molecule has 0 bridgehead atoms. The Morgan fingerprint density at radius 3 is 2.67 bits per heavy atom. The number of nitrogens with two attached hydrogens (primary N) is 1. The molecule has 1 unspecified atom stereocenters. The van der Waals surface area contributed by atoms with Crippen molar-refractivity contribution < 1.29 is 9.18 Å². The molecular formula is C13H17FN2OS. The molecule has 1 aromatic carbocycles. The van der Waals surface area contributed by atoms with Gasteiger partial charge >= 0.3 is 0 Å². The van der Waals surface area contributed by atoms with Crippen LogP contribution in [0.5, 0.6) is 0 Å². The Kier molecular flexibility index (Phi) is 5.22. The number of hydrogen-bond donors (Lipinski definition) is 2. The molecule has 0 aliphatic heterocycles. The molecule has 0 radical (unpaired) electrons. The van der Waals surface area contributed by atoms with Crippen molar-refractivity contribution in [1.82, 2.24) is 5.32 Å². The maximum absolute atomic E-state index is 13.0. The highest BCUT2D eigenvalue weighted by Gasteiger charge is 2.17. The summed E-state index contributed by atoms with van der Waals surface area (Å²) in [7, 11) is 0. The molecule has 1 amide bonds. The molecule has 0 aliphatic carbocycles. The van der Waals surface area contributed by atoms with Gasteiger partial charge in [-0.3, -0.25) is 4.79 Å². The summed E-state index contributed by atoms with van der Waals surface area (Å²) in [5.74, 6) is -0.462. The van der Waals surface area contributed by atoms with Crippen molar-refractivity contribution in [2.75, 3.05) is 0 Å².